The number of hydrazine groups is 1. The van der Waals surface area contributed by atoms with E-state index in [4.69, 9.17) is 12.2 Å². The van der Waals surface area contributed by atoms with Gasteiger partial charge in [0.05, 0.1) is 21.1 Å². The monoisotopic (exact) mass is 473 g/mol. The smallest absolute Gasteiger partial charge is 0.274 e. The summed E-state index contributed by atoms with van der Waals surface area (Å²) in [6.45, 7) is 3.07. The van der Waals surface area contributed by atoms with Gasteiger partial charge in [0.2, 0.25) is 5.91 Å². The molecule has 1 fully saturated rings. The SMILES string of the molecule is CC(=O)N1C(=O)/C(=C2/SC(=S)N(NS(=O)(=O)c3ccc(C)cc3)C2=O)c2ccccc21. The Morgan fingerprint density at radius 1 is 1.03 bits per heavy atom. The van der Waals surface area contributed by atoms with E-state index in [1.54, 1.807) is 36.4 Å². The second kappa shape index (κ2) is 7.68. The first kappa shape index (κ1) is 21.4. The van der Waals surface area contributed by atoms with Gasteiger partial charge in [0.25, 0.3) is 21.8 Å². The number of benzene rings is 2. The molecule has 158 valence electrons. The quantitative estimate of drug-likeness (QED) is 0.539. The van der Waals surface area contributed by atoms with Crippen molar-refractivity contribution in [2.75, 3.05) is 4.90 Å². The number of sulfonamides is 1. The first-order valence-corrected chi connectivity index (χ1v) is 11.7. The molecule has 1 saturated heterocycles. The fraction of sp³-hybridized carbons (Fsp3) is 0.100. The lowest BCUT2D eigenvalue weighted by Gasteiger charge is -2.16. The van der Waals surface area contributed by atoms with Crippen molar-refractivity contribution in [1.29, 1.82) is 0 Å². The molecule has 11 heteroatoms. The van der Waals surface area contributed by atoms with E-state index in [0.29, 0.717) is 11.3 Å². The second-order valence-electron chi connectivity index (χ2n) is 6.80. The van der Waals surface area contributed by atoms with E-state index in [1.807, 2.05) is 6.92 Å². The number of nitrogens with one attached hydrogen (secondary N) is 1. The van der Waals surface area contributed by atoms with Crippen LogP contribution in [0.15, 0.2) is 58.3 Å². The number of imide groups is 1. The average Bonchev–Trinajstić information content (AvgIpc) is 3.15. The number of thioether (sulfide) groups is 1. The van der Waals surface area contributed by atoms with Crippen molar-refractivity contribution in [3.8, 4) is 0 Å². The summed E-state index contributed by atoms with van der Waals surface area (Å²) in [5.74, 6) is -1.94. The van der Waals surface area contributed by atoms with Gasteiger partial charge in [0.1, 0.15) is 0 Å². The predicted octanol–water partition coefficient (Wildman–Crippen LogP) is 2.35. The molecule has 2 aromatic carbocycles. The van der Waals surface area contributed by atoms with Crippen LogP contribution >= 0.6 is 24.0 Å². The molecule has 8 nitrogen and oxygen atoms in total. The Hall–Kier alpha value is -2.86. The standard InChI is InChI=1S/C20H15N3O5S3/c1-11-7-9-13(10-8-11)31(27,28)21-23-19(26)17(30-20(23)29)16-14-5-3-4-6-15(14)22(12(2)24)18(16)25/h3-10,21H,1-2H3/b17-16+. The van der Waals surface area contributed by atoms with Crippen LogP contribution in [0, 0.1) is 6.92 Å². The Labute approximate surface area is 187 Å². The van der Waals surface area contributed by atoms with Gasteiger partial charge in [-0.15, -0.1) is 4.83 Å². The minimum absolute atomic E-state index is 0.0141. The zero-order valence-corrected chi connectivity index (χ0v) is 18.7. The number of carbonyl (C=O) groups is 3. The zero-order chi connectivity index (χ0) is 22.5. The van der Waals surface area contributed by atoms with Crippen molar-refractivity contribution >= 4 is 67.3 Å². The third kappa shape index (κ3) is 3.59. The maximum absolute atomic E-state index is 13.1. The van der Waals surface area contributed by atoms with Crippen LogP contribution in [0.2, 0.25) is 0 Å². The minimum atomic E-state index is -4.09. The van der Waals surface area contributed by atoms with Gasteiger partial charge in [-0.2, -0.15) is 0 Å². The molecular formula is C20H15N3O5S3. The van der Waals surface area contributed by atoms with E-state index >= 15 is 0 Å². The summed E-state index contributed by atoms with van der Waals surface area (Å²) in [6, 6.07) is 12.7. The number of rotatable bonds is 3. The molecule has 1 N–H and O–H groups in total. The number of thiocarbonyl (C=S) groups is 1. The number of carbonyl (C=O) groups excluding carboxylic acids is 3. The molecule has 0 aliphatic carbocycles. The number of fused-ring (bicyclic) bond motifs is 1. The molecule has 0 unspecified atom stereocenters. The molecule has 0 aromatic heterocycles. The number of hydrogen-bond acceptors (Lipinski definition) is 7. The van der Waals surface area contributed by atoms with E-state index in [1.165, 1.54) is 19.1 Å². The molecule has 31 heavy (non-hydrogen) atoms. The Morgan fingerprint density at radius 2 is 1.68 bits per heavy atom. The van der Waals surface area contributed by atoms with Crippen LogP contribution in [0.3, 0.4) is 0 Å². The van der Waals surface area contributed by atoms with Gasteiger partial charge in [-0.1, -0.05) is 59.9 Å². The van der Waals surface area contributed by atoms with Crippen molar-refractivity contribution in [3.05, 3.63) is 64.6 Å². The summed E-state index contributed by atoms with van der Waals surface area (Å²) in [4.78, 5) is 41.1. The molecule has 2 aliphatic rings. The second-order valence-corrected chi connectivity index (χ2v) is 10.1. The van der Waals surface area contributed by atoms with Crippen LogP contribution in [-0.2, 0) is 24.4 Å². The first-order valence-electron chi connectivity index (χ1n) is 8.96. The van der Waals surface area contributed by atoms with E-state index in [2.05, 4.69) is 4.83 Å². The Bertz CT molecular complexity index is 1300. The molecule has 0 bridgehead atoms. The normalized spacial score (nSPS) is 18.7. The van der Waals surface area contributed by atoms with Gasteiger partial charge in [-0.05, 0) is 25.1 Å². The number of anilines is 1. The molecule has 2 aromatic rings. The van der Waals surface area contributed by atoms with Crippen LogP contribution in [0.4, 0.5) is 5.69 Å². The number of nitrogens with zero attached hydrogens (tertiary/aromatic N) is 2. The summed E-state index contributed by atoms with van der Waals surface area (Å²) in [5.41, 5.74) is 1.66. The van der Waals surface area contributed by atoms with Gasteiger partial charge in [0, 0.05) is 12.5 Å². The van der Waals surface area contributed by atoms with Crippen molar-refractivity contribution in [3.63, 3.8) is 0 Å². The first-order chi connectivity index (χ1) is 14.6. The van der Waals surface area contributed by atoms with Crippen LogP contribution in [0.5, 0.6) is 0 Å². The molecule has 2 heterocycles. The fourth-order valence-corrected chi connectivity index (χ4v) is 5.62. The van der Waals surface area contributed by atoms with Crippen LogP contribution in [0.25, 0.3) is 5.57 Å². The number of amides is 3. The minimum Gasteiger partial charge on any atom is -0.274 e. The average molecular weight is 474 g/mol. The van der Waals surface area contributed by atoms with Crippen molar-refractivity contribution in [2.24, 2.45) is 0 Å². The highest BCUT2D eigenvalue weighted by atomic mass is 32.2. The highest BCUT2D eigenvalue weighted by Crippen LogP contribution is 2.44. The summed E-state index contributed by atoms with van der Waals surface area (Å²) >= 11 is 6.00. The summed E-state index contributed by atoms with van der Waals surface area (Å²) in [7, 11) is -4.09. The van der Waals surface area contributed by atoms with Crippen LogP contribution in [0.1, 0.15) is 18.1 Å². The summed E-state index contributed by atoms with van der Waals surface area (Å²) < 4.78 is 25.4. The lowest BCUT2D eigenvalue weighted by atomic mass is 10.1. The maximum Gasteiger partial charge on any atom is 0.282 e. The third-order valence-electron chi connectivity index (χ3n) is 4.69. The molecule has 2 aliphatic heterocycles. The van der Waals surface area contributed by atoms with Crippen LogP contribution in [-0.4, -0.2) is 35.5 Å². The lowest BCUT2D eigenvalue weighted by Crippen LogP contribution is -2.44. The van der Waals surface area contributed by atoms with Crippen molar-refractivity contribution < 1.29 is 22.8 Å². The molecule has 4 rings (SSSR count). The van der Waals surface area contributed by atoms with Crippen molar-refractivity contribution in [1.82, 2.24) is 9.84 Å². The number of aryl methyl sites for hydroxylation is 1. The summed E-state index contributed by atoms with van der Waals surface area (Å²) in [5, 5.41) is 0.726. The molecule has 3 amide bonds. The molecule has 0 spiro atoms. The fourth-order valence-electron chi connectivity index (χ4n) is 3.24. The molecule has 0 radical (unpaired) electrons. The van der Waals surface area contributed by atoms with E-state index in [9.17, 15) is 22.8 Å². The maximum atomic E-state index is 13.1. The summed E-state index contributed by atoms with van der Waals surface area (Å²) in [6.07, 6.45) is 0. The van der Waals surface area contributed by atoms with Crippen LogP contribution < -0.4 is 9.73 Å². The molecule has 0 atom stereocenters. The zero-order valence-electron chi connectivity index (χ0n) is 16.3. The van der Waals surface area contributed by atoms with E-state index in [0.717, 1.165) is 27.2 Å². The lowest BCUT2D eigenvalue weighted by molar-refractivity contribution is -0.124. The Morgan fingerprint density at radius 3 is 2.32 bits per heavy atom. The molecule has 0 saturated carbocycles. The highest BCUT2D eigenvalue weighted by Gasteiger charge is 2.44. The number of para-hydroxylation sites is 1. The van der Waals surface area contributed by atoms with Gasteiger partial charge in [-0.3, -0.25) is 14.4 Å². The largest absolute Gasteiger partial charge is 0.282 e. The van der Waals surface area contributed by atoms with Gasteiger partial charge < -0.3 is 0 Å². The topological polar surface area (TPSA) is 104 Å². The molecular weight excluding hydrogens is 458 g/mol. The van der Waals surface area contributed by atoms with Crippen molar-refractivity contribution in [2.45, 2.75) is 18.7 Å². The van der Waals surface area contributed by atoms with E-state index < -0.39 is 27.7 Å². The third-order valence-corrected chi connectivity index (χ3v) is 7.37. The van der Waals surface area contributed by atoms with E-state index in [-0.39, 0.29) is 19.7 Å². The predicted molar refractivity (Wildman–Crippen MR) is 120 cm³/mol. The van der Waals surface area contributed by atoms with Gasteiger partial charge in [-0.25, -0.2) is 18.3 Å². The Kier molecular flexibility index (Phi) is 5.30. The van der Waals surface area contributed by atoms with Gasteiger partial charge >= 0.3 is 0 Å². The highest BCUT2D eigenvalue weighted by molar-refractivity contribution is 8.26. The number of hydrogen-bond donors (Lipinski definition) is 1. The Balaban J connectivity index is 1.73. The van der Waals surface area contributed by atoms with Gasteiger partial charge in [0.15, 0.2) is 4.32 Å².